The second kappa shape index (κ2) is 6.10. The first-order chi connectivity index (χ1) is 11.7. The van der Waals surface area contributed by atoms with Crippen LogP contribution >= 0.6 is 22.9 Å². The Bertz CT molecular complexity index is 1030. The molecule has 0 aliphatic heterocycles. The molecule has 0 aliphatic rings. The first-order valence-electron chi connectivity index (χ1n) is 7.02. The second-order valence-corrected chi connectivity index (χ2v) is 6.31. The quantitative estimate of drug-likeness (QED) is 0.552. The van der Waals surface area contributed by atoms with Gasteiger partial charge in [0.1, 0.15) is 6.26 Å². The minimum absolute atomic E-state index is 0.178. The van der Waals surface area contributed by atoms with E-state index in [9.17, 15) is 4.79 Å². The summed E-state index contributed by atoms with van der Waals surface area (Å²) >= 11 is 7.71. The number of nitrogens with zero attached hydrogens (tertiary/aromatic N) is 3. The number of hydrogen-bond acceptors (Lipinski definition) is 6. The molecule has 0 unspecified atom stereocenters. The number of thiophene rings is 1. The molecular formula is C16H10ClN3O3S. The van der Waals surface area contributed by atoms with Crippen molar-refractivity contribution in [1.82, 2.24) is 14.7 Å². The molecule has 0 amide bonds. The Morgan fingerprint density at radius 1 is 1.21 bits per heavy atom. The van der Waals surface area contributed by atoms with Gasteiger partial charge in [0.2, 0.25) is 5.89 Å². The van der Waals surface area contributed by atoms with Gasteiger partial charge in [-0.2, -0.15) is 0 Å². The van der Waals surface area contributed by atoms with E-state index in [1.54, 1.807) is 18.2 Å². The van der Waals surface area contributed by atoms with Crippen LogP contribution in [0.1, 0.15) is 5.69 Å². The highest BCUT2D eigenvalue weighted by Crippen LogP contribution is 2.27. The molecule has 0 spiro atoms. The molecule has 0 aliphatic carbocycles. The van der Waals surface area contributed by atoms with Crippen molar-refractivity contribution in [2.45, 2.75) is 6.54 Å². The summed E-state index contributed by atoms with van der Waals surface area (Å²) in [6, 6.07) is 11.0. The van der Waals surface area contributed by atoms with Crippen LogP contribution in [0.15, 0.2) is 61.8 Å². The molecular weight excluding hydrogens is 350 g/mol. The average Bonchev–Trinajstić information content (AvgIpc) is 3.31. The number of oxazole rings is 1. The third kappa shape index (κ3) is 2.68. The summed E-state index contributed by atoms with van der Waals surface area (Å²) in [6.07, 6.45) is 1.52. The standard InChI is InChI=1S/C16H10ClN3O3S/c17-12-5-2-1-4-11(12)14-19-23-16(21)20(14)8-10-9-22-15(18-10)13-6-3-7-24-13/h1-7,9H,8H2. The third-order valence-corrected chi connectivity index (χ3v) is 4.59. The zero-order valence-corrected chi connectivity index (χ0v) is 13.8. The van der Waals surface area contributed by atoms with Crippen LogP contribution in [0.5, 0.6) is 0 Å². The summed E-state index contributed by atoms with van der Waals surface area (Å²) in [7, 11) is 0. The van der Waals surface area contributed by atoms with E-state index in [0.29, 0.717) is 28.0 Å². The topological polar surface area (TPSA) is 74.1 Å². The van der Waals surface area contributed by atoms with Crippen molar-refractivity contribution >= 4 is 22.9 Å². The minimum atomic E-state index is -0.578. The van der Waals surface area contributed by atoms with E-state index in [-0.39, 0.29) is 6.54 Å². The Morgan fingerprint density at radius 2 is 2.08 bits per heavy atom. The maximum Gasteiger partial charge on any atom is 0.442 e. The summed E-state index contributed by atoms with van der Waals surface area (Å²) in [5, 5.41) is 6.26. The van der Waals surface area contributed by atoms with Gasteiger partial charge in [-0.1, -0.05) is 35.0 Å². The molecule has 0 N–H and O–H groups in total. The SMILES string of the molecule is O=c1onc(-c2ccccc2Cl)n1Cc1coc(-c2cccs2)n1. The summed E-state index contributed by atoms with van der Waals surface area (Å²) in [5.74, 6) is 0.292. The predicted octanol–water partition coefficient (Wildman–Crippen LogP) is 3.92. The van der Waals surface area contributed by atoms with E-state index in [1.807, 2.05) is 23.6 Å². The van der Waals surface area contributed by atoms with Gasteiger partial charge >= 0.3 is 5.76 Å². The molecule has 0 fully saturated rings. The Hall–Kier alpha value is -2.64. The van der Waals surface area contributed by atoms with Crippen LogP contribution in [0.3, 0.4) is 0 Å². The number of aromatic nitrogens is 3. The highest BCUT2D eigenvalue weighted by atomic mass is 35.5. The van der Waals surface area contributed by atoms with Crippen LogP contribution in [-0.2, 0) is 6.54 Å². The first-order valence-corrected chi connectivity index (χ1v) is 8.28. The molecule has 6 nitrogen and oxygen atoms in total. The largest absolute Gasteiger partial charge is 0.443 e. The van der Waals surface area contributed by atoms with E-state index in [4.69, 9.17) is 20.5 Å². The monoisotopic (exact) mass is 359 g/mol. The van der Waals surface area contributed by atoms with Crippen molar-refractivity contribution in [3.05, 3.63) is 69.3 Å². The Labute approximate surface area is 144 Å². The Balaban J connectivity index is 1.70. The van der Waals surface area contributed by atoms with E-state index >= 15 is 0 Å². The molecule has 24 heavy (non-hydrogen) atoms. The average molecular weight is 360 g/mol. The molecule has 0 atom stereocenters. The highest BCUT2D eigenvalue weighted by molar-refractivity contribution is 7.13. The smallest absolute Gasteiger partial charge is 0.442 e. The molecule has 3 heterocycles. The molecule has 1 aromatic carbocycles. The van der Waals surface area contributed by atoms with Gasteiger partial charge in [-0.15, -0.1) is 11.3 Å². The van der Waals surface area contributed by atoms with E-state index in [0.717, 1.165) is 4.88 Å². The van der Waals surface area contributed by atoms with Crippen molar-refractivity contribution in [1.29, 1.82) is 0 Å². The lowest BCUT2D eigenvalue weighted by Gasteiger charge is -2.03. The van der Waals surface area contributed by atoms with Crippen molar-refractivity contribution in [2.24, 2.45) is 0 Å². The van der Waals surface area contributed by atoms with Crippen molar-refractivity contribution in [3.8, 4) is 22.2 Å². The lowest BCUT2D eigenvalue weighted by atomic mass is 10.2. The van der Waals surface area contributed by atoms with Crippen LogP contribution in [0, 0.1) is 0 Å². The van der Waals surface area contributed by atoms with Crippen molar-refractivity contribution < 1.29 is 8.94 Å². The minimum Gasteiger partial charge on any atom is -0.443 e. The van der Waals surface area contributed by atoms with Crippen LogP contribution in [0.4, 0.5) is 0 Å². The fraction of sp³-hybridized carbons (Fsp3) is 0.0625. The van der Waals surface area contributed by atoms with Gasteiger partial charge in [-0.25, -0.2) is 9.78 Å². The second-order valence-electron chi connectivity index (χ2n) is 4.96. The molecule has 3 aromatic heterocycles. The lowest BCUT2D eigenvalue weighted by molar-refractivity contribution is 0.378. The Kier molecular flexibility index (Phi) is 3.79. The number of halogens is 1. The van der Waals surface area contributed by atoms with Gasteiger partial charge in [-0.05, 0) is 23.6 Å². The van der Waals surface area contributed by atoms with Gasteiger partial charge in [0.25, 0.3) is 0 Å². The summed E-state index contributed by atoms with van der Waals surface area (Å²) in [4.78, 5) is 17.3. The Morgan fingerprint density at radius 3 is 2.88 bits per heavy atom. The zero-order valence-electron chi connectivity index (χ0n) is 12.2. The van der Waals surface area contributed by atoms with Crippen LogP contribution < -0.4 is 5.76 Å². The van der Waals surface area contributed by atoms with Crippen molar-refractivity contribution in [3.63, 3.8) is 0 Å². The zero-order chi connectivity index (χ0) is 16.5. The lowest BCUT2D eigenvalue weighted by Crippen LogP contribution is -2.16. The molecule has 120 valence electrons. The number of benzene rings is 1. The normalized spacial score (nSPS) is 11.0. The molecule has 0 bridgehead atoms. The molecule has 4 aromatic rings. The molecule has 0 saturated heterocycles. The predicted molar refractivity (Wildman–Crippen MR) is 90.1 cm³/mol. The van der Waals surface area contributed by atoms with Crippen LogP contribution in [0.25, 0.3) is 22.2 Å². The number of rotatable bonds is 4. The van der Waals surface area contributed by atoms with E-state index < -0.39 is 5.76 Å². The van der Waals surface area contributed by atoms with Crippen LogP contribution in [-0.4, -0.2) is 14.7 Å². The molecule has 0 saturated carbocycles. The highest BCUT2D eigenvalue weighted by Gasteiger charge is 2.17. The first kappa shape index (κ1) is 14.9. The van der Waals surface area contributed by atoms with Gasteiger partial charge < -0.3 is 4.42 Å². The van der Waals surface area contributed by atoms with Gasteiger partial charge in [0.15, 0.2) is 5.82 Å². The third-order valence-electron chi connectivity index (χ3n) is 3.40. The van der Waals surface area contributed by atoms with Crippen LogP contribution in [0.2, 0.25) is 5.02 Å². The van der Waals surface area contributed by atoms with Gasteiger partial charge in [0, 0.05) is 5.56 Å². The molecule has 8 heteroatoms. The maximum atomic E-state index is 12.0. The maximum absolute atomic E-state index is 12.0. The fourth-order valence-electron chi connectivity index (χ4n) is 2.30. The summed E-state index contributed by atoms with van der Waals surface area (Å²) in [5.41, 5.74) is 1.21. The number of hydrogen-bond donors (Lipinski definition) is 0. The van der Waals surface area contributed by atoms with E-state index in [2.05, 4.69) is 10.1 Å². The molecule has 4 rings (SSSR count). The summed E-state index contributed by atoms with van der Waals surface area (Å²) in [6.45, 7) is 0.178. The van der Waals surface area contributed by atoms with Gasteiger partial charge in [-0.3, -0.25) is 9.09 Å². The summed E-state index contributed by atoms with van der Waals surface area (Å²) < 4.78 is 11.6. The van der Waals surface area contributed by atoms with E-state index in [1.165, 1.54) is 22.2 Å². The molecule has 0 radical (unpaired) electrons. The van der Waals surface area contributed by atoms with Crippen molar-refractivity contribution in [2.75, 3.05) is 0 Å². The fourth-order valence-corrected chi connectivity index (χ4v) is 3.17. The van der Waals surface area contributed by atoms with Gasteiger partial charge in [0.05, 0.1) is 22.1 Å².